The minimum Gasteiger partial charge on any atom is -0.291 e. The second-order valence-corrected chi connectivity index (χ2v) is 6.06. The molecule has 0 bridgehead atoms. The van der Waals surface area contributed by atoms with Gasteiger partial charge in [-0.15, -0.1) is 11.3 Å². The maximum Gasteiger partial charge on any atom is 0.327 e. The van der Waals surface area contributed by atoms with Gasteiger partial charge in [-0.2, -0.15) is 0 Å². The third kappa shape index (κ3) is 2.61. The molecule has 96 valence electrons. The zero-order chi connectivity index (χ0) is 13.2. The van der Waals surface area contributed by atoms with Gasteiger partial charge in [0.05, 0.1) is 0 Å². The number of thioether (sulfide) groups is 1. The van der Waals surface area contributed by atoms with Crippen molar-refractivity contribution in [2.75, 3.05) is 0 Å². The average Bonchev–Trinajstić information content (AvgIpc) is 2.81. The van der Waals surface area contributed by atoms with Gasteiger partial charge in [0.2, 0.25) is 0 Å². The van der Waals surface area contributed by atoms with Crippen LogP contribution in [0.15, 0.2) is 44.3 Å². The van der Waals surface area contributed by atoms with Gasteiger partial charge in [0.15, 0.2) is 9.99 Å². The molecule has 3 rings (SSSR count). The van der Waals surface area contributed by atoms with Gasteiger partial charge in [0.1, 0.15) is 4.70 Å². The van der Waals surface area contributed by atoms with Crippen LogP contribution in [0.1, 0.15) is 5.56 Å². The van der Waals surface area contributed by atoms with E-state index < -0.39 is 5.69 Å². The number of hydrogen-bond acceptors (Lipinski definition) is 5. The molecule has 0 atom stereocenters. The lowest BCUT2D eigenvalue weighted by molar-refractivity contribution is 1.06. The number of nitrogens with one attached hydrogen (secondary N) is 2. The summed E-state index contributed by atoms with van der Waals surface area (Å²) in [6, 6.07) is 10.0. The van der Waals surface area contributed by atoms with E-state index in [1.165, 1.54) is 16.9 Å². The molecule has 5 nitrogen and oxygen atoms in total. The SMILES string of the molecule is O=c1[nH]c(=O)c2sc(SCc3ccccc3)nc2[nH]1. The Labute approximate surface area is 115 Å². The second kappa shape index (κ2) is 5.02. The summed E-state index contributed by atoms with van der Waals surface area (Å²) in [6.45, 7) is 0. The van der Waals surface area contributed by atoms with E-state index in [1.807, 2.05) is 30.3 Å². The van der Waals surface area contributed by atoms with Crippen molar-refractivity contribution in [3.8, 4) is 0 Å². The maximum atomic E-state index is 11.6. The van der Waals surface area contributed by atoms with Crippen LogP contribution in [-0.2, 0) is 5.75 Å². The van der Waals surface area contributed by atoms with E-state index in [1.54, 1.807) is 11.8 Å². The highest BCUT2D eigenvalue weighted by atomic mass is 32.2. The lowest BCUT2D eigenvalue weighted by Gasteiger charge is -1.96. The average molecular weight is 291 g/mol. The van der Waals surface area contributed by atoms with E-state index in [9.17, 15) is 9.59 Å². The fourth-order valence-corrected chi connectivity index (χ4v) is 3.57. The van der Waals surface area contributed by atoms with E-state index in [0.29, 0.717) is 10.3 Å². The summed E-state index contributed by atoms with van der Waals surface area (Å²) in [4.78, 5) is 31.7. The Hall–Kier alpha value is -1.86. The first-order chi connectivity index (χ1) is 9.22. The van der Waals surface area contributed by atoms with Gasteiger partial charge >= 0.3 is 5.69 Å². The molecule has 0 aliphatic carbocycles. The fourth-order valence-electron chi connectivity index (χ4n) is 1.62. The summed E-state index contributed by atoms with van der Waals surface area (Å²) in [5.74, 6) is 0.781. The minimum atomic E-state index is -0.526. The summed E-state index contributed by atoms with van der Waals surface area (Å²) in [5, 5.41) is 0. The standard InChI is InChI=1S/C12H9N3O2S2/c16-10-8-9(13-11(17)15-10)14-12(19-8)18-6-7-4-2-1-3-5-7/h1-5H,6H2,(H2,13,15,16,17). The van der Waals surface area contributed by atoms with Gasteiger partial charge in [-0.1, -0.05) is 42.1 Å². The van der Waals surface area contributed by atoms with Crippen LogP contribution in [0.3, 0.4) is 0 Å². The molecule has 1 aromatic carbocycles. The summed E-state index contributed by atoms with van der Waals surface area (Å²) in [5.41, 5.74) is 0.633. The number of aromatic amines is 2. The number of aromatic nitrogens is 3. The lowest BCUT2D eigenvalue weighted by Crippen LogP contribution is -2.20. The fraction of sp³-hybridized carbons (Fsp3) is 0.0833. The van der Waals surface area contributed by atoms with Crippen molar-refractivity contribution in [2.24, 2.45) is 0 Å². The molecule has 0 radical (unpaired) electrons. The first-order valence-corrected chi connectivity index (χ1v) is 7.32. The van der Waals surface area contributed by atoms with Gasteiger partial charge in [0.25, 0.3) is 5.56 Å². The van der Waals surface area contributed by atoms with Crippen molar-refractivity contribution in [3.05, 3.63) is 56.7 Å². The Morgan fingerprint density at radius 2 is 1.95 bits per heavy atom. The Bertz CT molecular complexity index is 820. The zero-order valence-corrected chi connectivity index (χ0v) is 11.3. The Balaban J connectivity index is 1.88. The van der Waals surface area contributed by atoms with Crippen LogP contribution in [0.25, 0.3) is 10.3 Å². The number of benzene rings is 1. The molecule has 3 aromatic rings. The highest BCUT2D eigenvalue weighted by Crippen LogP contribution is 2.28. The Kier molecular flexibility index (Phi) is 3.22. The molecule has 0 saturated heterocycles. The molecule has 19 heavy (non-hydrogen) atoms. The van der Waals surface area contributed by atoms with Gasteiger partial charge < -0.3 is 0 Å². The van der Waals surface area contributed by atoms with Gasteiger partial charge in [0, 0.05) is 5.75 Å². The molecule has 2 aromatic heterocycles. The highest BCUT2D eigenvalue weighted by molar-refractivity contribution is 8.00. The molecule has 7 heteroatoms. The Morgan fingerprint density at radius 3 is 2.74 bits per heavy atom. The van der Waals surface area contributed by atoms with E-state index in [0.717, 1.165) is 10.1 Å². The van der Waals surface area contributed by atoms with Crippen molar-refractivity contribution in [2.45, 2.75) is 10.1 Å². The molecule has 0 aliphatic heterocycles. The number of thiazole rings is 1. The monoisotopic (exact) mass is 291 g/mol. The van der Waals surface area contributed by atoms with Gasteiger partial charge in [-0.05, 0) is 5.56 Å². The van der Waals surface area contributed by atoms with Crippen LogP contribution in [-0.4, -0.2) is 15.0 Å². The molecule has 0 spiro atoms. The van der Waals surface area contributed by atoms with Crippen molar-refractivity contribution < 1.29 is 0 Å². The van der Waals surface area contributed by atoms with Crippen molar-refractivity contribution in [1.29, 1.82) is 0 Å². The van der Waals surface area contributed by atoms with E-state index >= 15 is 0 Å². The molecule has 0 unspecified atom stereocenters. The van der Waals surface area contributed by atoms with Crippen LogP contribution in [0.5, 0.6) is 0 Å². The minimum absolute atomic E-state index is 0.356. The first kappa shape index (κ1) is 12.2. The molecule has 0 saturated carbocycles. The third-order valence-corrected chi connectivity index (χ3v) is 4.75. The predicted octanol–water partition coefficient (Wildman–Crippen LogP) is 1.97. The quantitative estimate of drug-likeness (QED) is 0.723. The zero-order valence-electron chi connectivity index (χ0n) is 9.67. The van der Waals surface area contributed by atoms with Crippen LogP contribution >= 0.6 is 23.1 Å². The maximum absolute atomic E-state index is 11.6. The number of fused-ring (bicyclic) bond motifs is 1. The highest BCUT2D eigenvalue weighted by Gasteiger charge is 2.09. The number of rotatable bonds is 3. The molecule has 0 amide bonds. The van der Waals surface area contributed by atoms with Crippen molar-refractivity contribution in [1.82, 2.24) is 15.0 Å². The molecule has 2 heterocycles. The van der Waals surface area contributed by atoms with E-state index in [4.69, 9.17) is 0 Å². The second-order valence-electron chi connectivity index (χ2n) is 3.84. The normalized spacial score (nSPS) is 10.9. The number of nitrogens with zero attached hydrogens (tertiary/aromatic N) is 1. The smallest absolute Gasteiger partial charge is 0.291 e. The van der Waals surface area contributed by atoms with Crippen molar-refractivity contribution in [3.63, 3.8) is 0 Å². The molecular weight excluding hydrogens is 282 g/mol. The number of hydrogen-bond donors (Lipinski definition) is 2. The van der Waals surface area contributed by atoms with Crippen molar-refractivity contribution >= 4 is 33.4 Å². The molecular formula is C12H9N3O2S2. The Morgan fingerprint density at radius 1 is 1.16 bits per heavy atom. The molecule has 0 fully saturated rings. The summed E-state index contributed by atoms with van der Waals surface area (Å²) in [6.07, 6.45) is 0. The molecule has 2 N–H and O–H groups in total. The van der Waals surface area contributed by atoms with Crippen LogP contribution in [0.2, 0.25) is 0 Å². The third-order valence-electron chi connectivity index (χ3n) is 2.48. The van der Waals surface area contributed by atoms with Gasteiger partial charge in [-0.25, -0.2) is 9.78 Å². The van der Waals surface area contributed by atoms with E-state index in [2.05, 4.69) is 15.0 Å². The number of H-pyrrole nitrogens is 2. The summed E-state index contributed by atoms with van der Waals surface area (Å²) >= 11 is 2.84. The van der Waals surface area contributed by atoms with Gasteiger partial charge in [-0.3, -0.25) is 14.8 Å². The first-order valence-electron chi connectivity index (χ1n) is 5.52. The largest absolute Gasteiger partial charge is 0.327 e. The summed E-state index contributed by atoms with van der Waals surface area (Å²) in [7, 11) is 0. The van der Waals surface area contributed by atoms with Crippen LogP contribution < -0.4 is 11.2 Å². The summed E-state index contributed by atoms with van der Waals surface area (Å²) < 4.78 is 1.22. The predicted molar refractivity (Wildman–Crippen MR) is 76.9 cm³/mol. The topological polar surface area (TPSA) is 78.6 Å². The lowest BCUT2D eigenvalue weighted by atomic mass is 10.2. The van der Waals surface area contributed by atoms with Crippen LogP contribution in [0, 0.1) is 0 Å². The van der Waals surface area contributed by atoms with Crippen LogP contribution in [0.4, 0.5) is 0 Å². The molecule has 0 aliphatic rings. The van der Waals surface area contributed by atoms with E-state index in [-0.39, 0.29) is 5.56 Å².